The van der Waals surface area contributed by atoms with Gasteiger partial charge in [-0.05, 0) is 54.8 Å². The van der Waals surface area contributed by atoms with E-state index in [1.165, 1.54) is 11.3 Å². The summed E-state index contributed by atoms with van der Waals surface area (Å²) in [5.41, 5.74) is 1.11. The van der Waals surface area contributed by atoms with E-state index in [0.717, 1.165) is 23.3 Å². The second-order valence-electron chi connectivity index (χ2n) is 6.31. The van der Waals surface area contributed by atoms with Crippen LogP contribution in [-0.4, -0.2) is 36.5 Å². The molecule has 25 heavy (non-hydrogen) atoms. The topological polar surface area (TPSA) is 58.6 Å². The Morgan fingerprint density at radius 2 is 1.96 bits per heavy atom. The number of hydrogen-bond donors (Lipinski definition) is 1. The smallest absolute Gasteiger partial charge is 0.410 e. The molecule has 1 aromatic carbocycles. The molecule has 2 heterocycles. The predicted molar refractivity (Wildman–Crippen MR) is 98.2 cm³/mol. The number of aryl methyl sites for hydroxylation is 1. The minimum absolute atomic E-state index is 0.0102. The zero-order valence-corrected chi connectivity index (χ0v) is 15.1. The van der Waals surface area contributed by atoms with Crippen LogP contribution in [0.2, 0.25) is 0 Å². The summed E-state index contributed by atoms with van der Waals surface area (Å²) in [5, 5.41) is 4.98. The largest absolute Gasteiger partial charge is 0.415 e. The van der Waals surface area contributed by atoms with Crippen LogP contribution in [0.3, 0.4) is 0 Å². The molecule has 5 nitrogen and oxygen atoms in total. The first-order valence-electron chi connectivity index (χ1n) is 8.47. The van der Waals surface area contributed by atoms with Crippen molar-refractivity contribution in [3.63, 3.8) is 0 Å². The molecule has 0 aliphatic carbocycles. The highest BCUT2D eigenvalue weighted by atomic mass is 32.1. The van der Waals surface area contributed by atoms with Crippen LogP contribution in [0, 0.1) is 12.8 Å². The molecule has 0 radical (unpaired) electrons. The van der Waals surface area contributed by atoms with Gasteiger partial charge >= 0.3 is 6.09 Å². The van der Waals surface area contributed by atoms with E-state index in [1.54, 1.807) is 17.0 Å². The van der Waals surface area contributed by atoms with E-state index in [1.807, 2.05) is 36.6 Å². The number of likely N-dealkylation sites (tertiary alicyclic amines) is 1. The third-order valence-corrected chi connectivity index (χ3v) is 5.37. The fourth-order valence-corrected chi connectivity index (χ4v) is 3.66. The summed E-state index contributed by atoms with van der Waals surface area (Å²) in [6, 6.07) is 11.0. The van der Waals surface area contributed by atoms with Gasteiger partial charge in [0.25, 0.3) is 5.91 Å². The SMILES string of the molecule is Cc1csc(C(=O)NCC2CCN(C(=O)Oc3ccccc3)CC2)c1. The number of ether oxygens (including phenoxy) is 1. The molecule has 6 heteroatoms. The number of thiophene rings is 1. The van der Waals surface area contributed by atoms with E-state index < -0.39 is 0 Å². The van der Waals surface area contributed by atoms with Crippen LogP contribution in [-0.2, 0) is 0 Å². The van der Waals surface area contributed by atoms with Crippen molar-refractivity contribution in [3.05, 3.63) is 52.2 Å². The van der Waals surface area contributed by atoms with Crippen LogP contribution in [0.5, 0.6) is 5.75 Å². The Hall–Kier alpha value is -2.34. The van der Waals surface area contributed by atoms with Gasteiger partial charge in [0.15, 0.2) is 0 Å². The number of nitrogens with one attached hydrogen (secondary N) is 1. The first-order valence-corrected chi connectivity index (χ1v) is 9.35. The number of nitrogens with zero attached hydrogens (tertiary/aromatic N) is 1. The molecule has 1 N–H and O–H groups in total. The number of carbonyl (C=O) groups is 2. The van der Waals surface area contributed by atoms with Gasteiger partial charge in [0.1, 0.15) is 5.75 Å². The summed E-state index contributed by atoms with van der Waals surface area (Å²) in [5.74, 6) is 0.947. The van der Waals surface area contributed by atoms with Crippen molar-refractivity contribution in [2.24, 2.45) is 5.92 Å². The van der Waals surface area contributed by atoms with Gasteiger partial charge in [-0.15, -0.1) is 11.3 Å². The normalized spacial score (nSPS) is 15.0. The van der Waals surface area contributed by atoms with Crippen LogP contribution < -0.4 is 10.1 Å². The highest BCUT2D eigenvalue weighted by molar-refractivity contribution is 7.12. The average molecular weight is 358 g/mol. The van der Waals surface area contributed by atoms with Gasteiger partial charge in [0, 0.05) is 19.6 Å². The fourth-order valence-electron chi connectivity index (χ4n) is 2.85. The van der Waals surface area contributed by atoms with Crippen molar-refractivity contribution < 1.29 is 14.3 Å². The number of hydrogen-bond acceptors (Lipinski definition) is 4. The first kappa shape index (κ1) is 17.5. The first-order chi connectivity index (χ1) is 12.1. The number of rotatable bonds is 4. The lowest BCUT2D eigenvalue weighted by Gasteiger charge is -2.31. The van der Waals surface area contributed by atoms with Crippen molar-refractivity contribution in [1.29, 1.82) is 0 Å². The second kappa shape index (κ2) is 8.16. The molecular weight excluding hydrogens is 336 g/mol. The quantitative estimate of drug-likeness (QED) is 0.907. The Bertz CT molecular complexity index is 721. The zero-order valence-electron chi connectivity index (χ0n) is 14.2. The maximum atomic E-state index is 12.2. The zero-order chi connectivity index (χ0) is 17.6. The second-order valence-corrected chi connectivity index (χ2v) is 7.22. The number of benzene rings is 1. The monoisotopic (exact) mass is 358 g/mol. The maximum Gasteiger partial charge on any atom is 0.415 e. The summed E-state index contributed by atoms with van der Waals surface area (Å²) in [7, 11) is 0. The maximum absolute atomic E-state index is 12.2. The van der Waals surface area contributed by atoms with Crippen molar-refractivity contribution in [2.75, 3.05) is 19.6 Å². The number of para-hydroxylation sites is 1. The summed E-state index contributed by atoms with van der Waals surface area (Å²) in [6.07, 6.45) is 1.43. The lowest BCUT2D eigenvalue weighted by Crippen LogP contribution is -2.42. The van der Waals surface area contributed by atoms with Crippen LogP contribution in [0.15, 0.2) is 41.8 Å². The third-order valence-electron chi connectivity index (χ3n) is 4.33. The van der Waals surface area contributed by atoms with E-state index in [2.05, 4.69) is 5.32 Å². The van der Waals surface area contributed by atoms with Crippen LogP contribution >= 0.6 is 11.3 Å². The van der Waals surface area contributed by atoms with Crippen molar-refractivity contribution in [3.8, 4) is 5.75 Å². The molecule has 0 spiro atoms. The Kier molecular flexibility index (Phi) is 5.71. The molecule has 1 saturated heterocycles. The molecule has 0 bridgehead atoms. The van der Waals surface area contributed by atoms with E-state index in [9.17, 15) is 9.59 Å². The van der Waals surface area contributed by atoms with Crippen molar-refractivity contribution >= 4 is 23.3 Å². The molecule has 2 aromatic rings. The standard InChI is InChI=1S/C19H22N2O3S/c1-14-11-17(25-13-14)18(22)20-12-15-7-9-21(10-8-15)19(23)24-16-5-3-2-4-6-16/h2-6,11,13,15H,7-10,12H2,1H3,(H,20,22). The molecule has 1 aromatic heterocycles. The minimum atomic E-state index is -0.303. The van der Waals surface area contributed by atoms with E-state index in [-0.39, 0.29) is 12.0 Å². The van der Waals surface area contributed by atoms with Gasteiger partial charge < -0.3 is 15.0 Å². The Morgan fingerprint density at radius 1 is 1.24 bits per heavy atom. The summed E-state index contributed by atoms with van der Waals surface area (Å²) in [6.45, 7) is 3.95. The molecule has 0 atom stereocenters. The van der Waals surface area contributed by atoms with Gasteiger partial charge in [-0.1, -0.05) is 18.2 Å². The number of piperidine rings is 1. The van der Waals surface area contributed by atoms with Gasteiger partial charge in [-0.25, -0.2) is 4.79 Å². The predicted octanol–water partition coefficient (Wildman–Crippen LogP) is 3.70. The number of carbonyl (C=O) groups excluding carboxylic acids is 2. The van der Waals surface area contributed by atoms with Crippen LogP contribution in [0.4, 0.5) is 4.79 Å². The highest BCUT2D eigenvalue weighted by Gasteiger charge is 2.24. The van der Waals surface area contributed by atoms with Gasteiger partial charge in [0.2, 0.25) is 0 Å². The molecule has 3 rings (SSSR count). The molecule has 0 saturated carbocycles. The molecule has 132 valence electrons. The average Bonchev–Trinajstić information content (AvgIpc) is 3.07. The Balaban J connectivity index is 1.41. The van der Waals surface area contributed by atoms with Gasteiger partial charge in [0.05, 0.1) is 4.88 Å². The van der Waals surface area contributed by atoms with E-state index in [4.69, 9.17) is 4.74 Å². The lowest BCUT2D eigenvalue weighted by molar-refractivity contribution is 0.0935. The van der Waals surface area contributed by atoms with E-state index >= 15 is 0 Å². The fraction of sp³-hybridized carbons (Fsp3) is 0.368. The van der Waals surface area contributed by atoms with Crippen molar-refractivity contribution in [2.45, 2.75) is 19.8 Å². The van der Waals surface area contributed by atoms with Gasteiger partial charge in [-0.2, -0.15) is 0 Å². The summed E-state index contributed by atoms with van der Waals surface area (Å²) >= 11 is 1.47. The minimum Gasteiger partial charge on any atom is -0.410 e. The third kappa shape index (κ3) is 4.82. The van der Waals surface area contributed by atoms with E-state index in [0.29, 0.717) is 31.3 Å². The molecule has 2 amide bonds. The molecule has 1 aliphatic heterocycles. The van der Waals surface area contributed by atoms with Crippen LogP contribution in [0.1, 0.15) is 28.1 Å². The summed E-state index contributed by atoms with van der Waals surface area (Å²) < 4.78 is 5.37. The van der Waals surface area contributed by atoms with Crippen LogP contribution in [0.25, 0.3) is 0 Å². The number of amides is 2. The molecular formula is C19H22N2O3S. The molecule has 1 aliphatic rings. The summed E-state index contributed by atoms with van der Waals surface area (Å²) in [4.78, 5) is 26.7. The Morgan fingerprint density at radius 3 is 2.60 bits per heavy atom. The Labute approximate surface area is 151 Å². The highest BCUT2D eigenvalue weighted by Crippen LogP contribution is 2.19. The molecule has 1 fully saturated rings. The lowest BCUT2D eigenvalue weighted by atomic mass is 9.97. The molecule has 0 unspecified atom stereocenters. The van der Waals surface area contributed by atoms with Crippen molar-refractivity contribution in [1.82, 2.24) is 10.2 Å². The van der Waals surface area contributed by atoms with Gasteiger partial charge in [-0.3, -0.25) is 4.79 Å².